The van der Waals surface area contributed by atoms with Crippen molar-refractivity contribution in [2.24, 2.45) is 5.92 Å². The number of amides is 1. The number of nitrogens with one attached hydrogen (secondary N) is 1. The van der Waals surface area contributed by atoms with E-state index in [1.54, 1.807) is 0 Å². The van der Waals surface area contributed by atoms with Crippen LogP contribution in [-0.4, -0.2) is 22.0 Å². The molecule has 17 heavy (non-hydrogen) atoms. The molecule has 0 fully saturated rings. The molecule has 4 nitrogen and oxygen atoms in total. The SMILES string of the molecule is Cc1cnc(C)n1CCNC(=O)C1CC=CC1. The molecule has 1 aromatic heterocycles. The molecule has 92 valence electrons. The molecule has 0 aromatic carbocycles. The molecule has 1 heterocycles. The van der Waals surface area contributed by atoms with Crippen molar-refractivity contribution in [3.63, 3.8) is 0 Å². The van der Waals surface area contributed by atoms with E-state index >= 15 is 0 Å². The summed E-state index contributed by atoms with van der Waals surface area (Å²) in [4.78, 5) is 16.0. The van der Waals surface area contributed by atoms with Gasteiger partial charge in [0.05, 0.1) is 0 Å². The Morgan fingerprint density at radius 2 is 2.18 bits per heavy atom. The van der Waals surface area contributed by atoms with Crippen LogP contribution in [0.2, 0.25) is 0 Å². The molecule has 0 bridgehead atoms. The third-order valence-electron chi connectivity index (χ3n) is 3.27. The Kier molecular flexibility index (Phi) is 3.61. The highest BCUT2D eigenvalue weighted by molar-refractivity contribution is 5.79. The third-order valence-corrected chi connectivity index (χ3v) is 3.27. The normalized spacial score (nSPS) is 15.4. The Balaban J connectivity index is 1.78. The first-order valence-corrected chi connectivity index (χ1v) is 6.10. The van der Waals surface area contributed by atoms with Crippen LogP contribution in [0, 0.1) is 19.8 Å². The quantitative estimate of drug-likeness (QED) is 0.803. The van der Waals surface area contributed by atoms with Gasteiger partial charge >= 0.3 is 0 Å². The summed E-state index contributed by atoms with van der Waals surface area (Å²) >= 11 is 0. The number of allylic oxidation sites excluding steroid dienone is 2. The minimum atomic E-state index is 0.153. The lowest BCUT2D eigenvalue weighted by Gasteiger charge is -2.12. The topological polar surface area (TPSA) is 46.9 Å². The standard InChI is InChI=1S/C13H19N3O/c1-10-9-15-11(2)16(10)8-7-14-13(17)12-5-3-4-6-12/h3-4,9,12H,5-8H2,1-2H3,(H,14,17). The fraction of sp³-hybridized carbons (Fsp3) is 0.538. The summed E-state index contributed by atoms with van der Waals surface area (Å²) in [7, 11) is 0. The van der Waals surface area contributed by atoms with Crippen LogP contribution in [0.1, 0.15) is 24.4 Å². The molecule has 1 N–H and O–H groups in total. The highest BCUT2D eigenvalue weighted by atomic mass is 16.1. The van der Waals surface area contributed by atoms with Crippen molar-refractivity contribution in [2.75, 3.05) is 6.54 Å². The molecule has 4 heteroatoms. The zero-order chi connectivity index (χ0) is 12.3. The number of nitrogens with zero attached hydrogens (tertiary/aromatic N) is 2. The van der Waals surface area contributed by atoms with Gasteiger partial charge in [0, 0.05) is 30.9 Å². The van der Waals surface area contributed by atoms with Gasteiger partial charge in [0.15, 0.2) is 0 Å². The molecule has 1 amide bonds. The minimum absolute atomic E-state index is 0.153. The largest absolute Gasteiger partial charge is 0.354 e. The Morgan fingerprint density at radius 3 is 2.76 bits per heavy atom. The van der Waals surface area contributed by atoms with Crippen molar-refractivity contribution in [1.29, 1.82) is 0 Å². The van der Waals surface area contributed by atoms with Gasteiger partial charge in [-0.15, -0.1) is 0 Å². The molecule has 0 saturated carbocycles. The monoisotopic (exact) mass is 233 g/mol. The highest BCUT2D eigenvalue weighted by Crippen LogP contribution is 2.17. The summed E-state index contributed by atoms with van der Waals surface area (Å²) in [5.74, 6) is 1.32. The number of hydrogen-bond donors (Lipinski definition) is 1. The van der Waals surface area contributed by atoms with Crippen LogP contribution in [-0.2, 0) is 11.3 Å². The Morgan fingerprint density at radius 1 is 1.47 bits per heavy atom. The molecule has 0 radical (unpaired) electrons. The van der Waals surface area contributed by atoms with Gasteiger partial charge in [-0.2, -0.15) is 0 Å². The second-order valence-electron chi connectivity index (χ2n) is 4.53. The molecule has 1 aliphatic carbocycles. The maximum absolute atomic E-state index is 11.8. The average Bonchev–Trinajstić information content (AvgIpc) is 2.93. The van der Waals surface area contributed by atoms with E-state index in [4.69, 9.17) is 0 Å². The fourth-order valence-corrected chi connectivity index (χ4v) is 2.19. The zero-order valence-corrected chi connectivity index (χ0v) is 10.4. The first kappa shape index (κ1) is 11.9. The molecule has 0 unspecified atom stereocenters. The number of aromatic nitrogens is 2. The Bertz CT molecular complexity index is 406. The maximum Gasteiger partial charge on any atom is 0.223 e. The van der Waals surface area contributed by atoms with Gasteiger partial charge in [-0.25, -0.2) is 4.98 Å². The molecule has 1 aliphatic rings. The lowest BCUT2D eigenvalue weighted by molar-refractivity contribution is -0.124. The second-order valence-corrected chi connectivity index (χ2v) is 4.53. The van der Waals surface area contributed by atoms with E-state index in [0.717, 1.165) is 30.9 Å². The van der Waals surface area contributed by atoms with Gasteiger partial charge in [-0.1, -0.05) is 12.2 Å². The number of imidazole rings is 1. The molecular formula is C13H19N3O. The molecule has 2 rings (SSSR count). The molecule has 0 spiro atoms. The van der Waals surface area contributed by atoms with Gasteiger partial charge in [0.1, 0.15) is 5.82 Å². The van der Waals surface area contributed by atoms with Crippen molar-refractivity contribution < 1.29 is 4.79 Å². The van der Waals surface area contributed by atoms with Crippen LogP contribution in [0.15, 0.2) is 18.3 Å². The van der Waals surface area contributed by atoms with E-state index < -0.39 is 0 Å². The van der Waals surface area contributed by atoms with Gasteiger partial charge in [-0.3, -0.25) is 4.79 Å². The third kappa shape index (κ3) is 2.75. The van der Waals surface area contributed by atoms with Crippen LogP contribution < -0.4 is 5.32 Å². The van der Waals surface area contributed by atoms with Crippen LogP contribution in [0.25, 0.3) is 0 Å². The predicted octanol–water partition coefficient (Wildman–Crippen LogP) is 1.58. The summed E-state index contributed by atoms with van der Waals surface area (Å²) in [5, 5.41) is 2.99. The predicted molar refractivity (Wildman–Crippen MR) is 66.6 cm³/mol. The van der Waals surface area contributed by atoms with E-state index in [1.165, 1.54) is 0 Å². The Labute approximate surface area is 102 Å². The molecule has 0 atom stereocenters. The number of carbonyl (C=O) groups is 1. The second kappa shape index (κ2) is 5.17. The first-order valence-electron chi connectivity index (χ1n) is 6.10. The van der Waals surface area contributed by atoms with Crippen molar-refractivity contribution >= 4 is 5.91 Å². The minimum Gasteiger partial charge on any atom is -0.354 e. The maximum atomic E-state index is 11.8. The van der Waals surface area contributed by atoms with E-state index in [2.05, 4.69) is 27.0 Å². The van der Waals surface area contributed by atoms with Crippen molar-refractivity contribution in [3.05, 3.63) is 29.9 Å². The lowest BCUT2D eigenvalue weighted by Crippen LogP contribution is -2.32. The number of aryl methyl sites for hydroxylation is 2. The van der Waals surface area contributed by atoms with Crippen molar-refractivity contribution in [1.82, 2.24) is 14.9 Å². The first-order chi connectivity index (χ1) is 8.18. The average molecular weight is 233 g/mol. The van der Waals surface area contributed by atoms with Gasteiger partial charge in [0.25, 0.3) is 0 Å². The Hall–Kier alpha value is -1.58. The summed E-state index contributed by atoms with van der Waals surface area (Å²) in [5.41, 5.74) is 1.14. The molecular weight excluding hydrogens is 214 g/mol. The van der Waals surface area contributed by atoms with E-state index in [0.29, 0.717) is 6.54 Å². The van der Waals surface area contributed by atoms with Crippen LogP contribution >= 0.6 is 0 Å². The van der Waals surface area contributed by atoms with Crippen LogP contribution in [0.4, 0.5) is 0 Å². The summed E-state index contributed by atoms with van der Waals surface area (Å²) in [6, 6.07) is 0. The molecule has 0 aliphatic heterocycles. The molecule has 0 saturated heterocycles. The summed E-state index contributed by atoms with van der Waals surface area (Å²) in [6.45, 7) is 5.48. The number of carbonyl (C=O) groups excluding carboxylic acids is 1. The van der Waals surface area contributed by atoms with Crippen LogP contribution in [0.5, 0.6) is 0 Å². The highest BCUT2D eigenvalue weighted by Gasteiger charge is 2.18. The van der Waals surface area contributed by atoms with Crippen molar-refractivity contribution in [3.8, 4) is 0 Å². The van der Waals surface area contributed by atoms with E-state index in [-0.39, 0.29) is 11.8 Å². The lowest BCUT2D eigenvalue weighted by atomic mass is 10.1. The summed E-state index contributed by atoms with van der Waals surface area (Å²) in [6.07, 6.45) is 7.78. The van der Waals surface area contributed by atoms with E-state index in [1.807, 2.05) is 20.0 Å². The van der Waals surface area contributed by atoms with E-state index in [9.17, 15) is 4.79 Å². The summed E-state index contributed by atoms with van der Waals surface area (Å²) < 4.78 is 2.12. The van der Waals surface area contributed by atoms with Crippen LogP contribution in [0.3, 0.4) is 0 Å². The van der Waals surface area contributed by atoms with Crippen molar-refractivity contribution in [2.45, 2.75) is 33.2 Å². The smallest absolute Gasteiger partial charge is 0.223 e. The number of hydrogen-bond acceptors (Lipinski definition) is 2. The zero-order valence-electron chi connectivity index (χ0n) is 10.4. The fourth-order valence-electron chi connectivity index (χ4n) is 2.19. The van der Waals surface area contributed by atoms with Gasteiger partial charge in [-0.05, 0) is 26.7 Å². The van der Waals surface area contributed by atoms with Gasteiger partial charge < -0.3 is 9.88 Å². The molecule has 1 aromatic rings. The number of rotatable bonds is 4. The van der Waals surface area contributed by atoms with Gasteiger partial charge in [0.2, 0.25) is 5.91 Å².